The van der Waals surface area contributed by atoms with E-state index in [2.05, 4.69) is 0 Å². The van der Waals surface area contributed by atoms with Gasteiger partial charge in [0, 0.05) is 5.02 Å². The van der Waals surface area contributed by atoms with Crippen molar-refractivity contribution in [3.63, 3.8) is 0 Å². The number of hydrogen-bond donors (Lipinski definition) is 1. The number of ether oxygens (including phenoxy) is 1. The van der Waals surface area contributed by atoms with Crippen LogP contribution in [0.15, 0.2) is 53.4 Å². The number of carbonyl (C=O) groups is 4. The highest BCUT2D eigenvalue weighted by Gasteiger charge is 2.35. The molecule has 0 spiro atoms. The number of nitrogens with zero attached hydrogens (tertiary/aromatic N) is 1. The number of amides is 3. The number of esters is 1. The average molecular weight is 417 g/mol. The molecule has 7 nitrogen and oxygen atoms in total. The van der Waals surface area contributed by atoms with E-state index in [1.807, 2.05) is 0 Å². The lowest BCUT2D eigenvalue weighted by atomic mass is 10.2. The predicted octanol–water partition coefficient (Wildman–Crippen LogP) is 3.08. The van der Waals surface area contributed by atoms with E-state index < -0.39 is 29.6 Å². The summed E-state index contributed by atoms with van der Waals surface area (Å²) in [5.41, 5.74) is 5.89. The Morgan fingerprint density at radius 1 is 1.14 bits per heavy atom. The van der Waals surface area contributed by atoms with E-state index in [0.29, 0.717) is 27.9 Å². The number of primary amides is 1. The number of imide groups is 1. The maximum atomic E-state index is 12.2. The molecule has 2 N–H and O–H groups in total. The minimum atomic E-state index is -0.779. The fourth-order valence-electron chi connectivity index (χ4n) is 2.39. The van der Waals surface area contributed by atoms with E-state index >= 15 is 0 Å². The summed E-state index contributed by atoms with van der Waals surface area (Å²) < 4.78 is 5.33. The van der Waals surface area contributed by atoms with Crippen LogP contribution in [0.2, 0.25) is 5.02 Å². The molecule has 2 aromatic carbocycles. The van der Waals surface area contributed by atoms with E-state index in [1.54, 1.807) is 42.5 Å². The maximum Gasteiger partial charge on any atom is 0.343 e. The SMILES string of the molecule is NC(=O)CN1C(=O)S/C(=C\c2cccc(OC(=O)c3cccc(Cl)c3)c2)C1=O. The molecule has 0 aromatic heterocycles. The molecular weight excluding hydrogens is 404 g/mol. The molecule has 3 rings (SSSR count). The largest absolute Gasteiger partial charge is 0.423 e. The molecule has 0 bridgehead atoms. The topological polar surface area (TPSA) is 107 Å². The molecule has 1 aliphatic heterocycles. The summed E-state index contributed by atoms with van der Waals surface area (Å²) in [6, 6.07) is 12.8. The second-order valence-electron chi connectivity index (χ2n) is 5.71. The number of benzene rings is 2. The van der Waals surface area contributed by atoms with Crippen molar-refractivity contribution in [2.45, 2.75) is 0 Å². The van der Waals surface area contributed by atoms with Gasteiger partial charge in [0.2, 0.25) is 5.91 Å². The zero-order valence-corrected chi connectivity index (χ0v) is 15.8. The summed E-state index contributed by atoms with van der Waals surface area (Å²) >= 11 is 6.58. The summed E-state index contributed by atoms with van der Waals surface area (Å²) in [6.07, 6.45) is 1.47. The van der Waals surface area contributed by atoms with Crippen LogP contribution in [-0.4, -0.2) is 34.5 Å². The lowest BCUT2D eigenvalue weighted by Crippen LogP contribution is -2.36. The van der Waals surface area contributed by atoms with Crippen LogP contribution in [0.25, 0.3) is 6.08 Å². The van der Waals surface area contributed by atoms with Crippen LogP contribution in [0.5, 0.6) is 5.75 Å². The highest BCUT2D eigenvalue weighted by atomic mass is 35.5. The van der Waals surface area contributed by atoms with Crippen LogP contribution in [0.3, 0.4) is 0 Å². The van der Waals surface area contributed by atoms with Gasteiger partial charge in [-0.15, -0.1) is 0 Å². The molecule has 3 amide bonds. The summed E-state index contributed by atoms with van der Waals surface area (Å²) in [6.45, 7) is -0.473. The van der Waals surface area contributed by atoms with Crippen molar-refractivity contribution in [1.82, 2.24) is 4.90 Å². The fraction of sp³-hybridized carbons (Fsp3) is 0.0526. The maximum absolute atomic E-state index is 12.2. The van der Waals surface area contributed by atoms with Crippen LogP contribution < -0.4 is 10.5 Å². The van der Waals surface area contributed by atoms with Crippen molar-refractivity contribution in [3.05, 3.63) is 69.6 Å². The monoisotopic (exact) mass is 416 g/mol. The number of rotatable bonds is 5. The predicted molar refractivity (Wildman–Crippen MR) is 105 cm³/mol. The van der Waals surface area contributed by atoms with Gasteiger partial charge in [-0.05, 0) is 53.7 Å². The van der Waals surface area contributed by atoms with Gasteiger partial charge in [0.05, 0.1) is 10.5 Å². The van der Waals surface area contributed by atoms with Gasteiger partial charge in [0.1, 0.15) is 12.3 Å². The molecule has 1 heterocycles. The van der Waals surface area contributed by atoms with E-state index in [9.17, 15) is 19.2 Å². The van der Waals surface area contributed by atoms with Gasteiger partial charge in [0.25, 0.3) is 11.1 Å². The second-order valence-corrected chi connectivity index (χ2v) is 7.14. The van der Waals surface area contributed by atoms with Crippen molar-refractivity contribution in [1.29, 1.82) is 0 Å². The molecule has 0 aliphatic carbocycles. The Balaban J connectivity index is 1.77. The fourth-order valence-corrected chi connectivity index (χ4v) is 3.42. The Morgan fingerprint density at radius 3 is 2.61 bits per heavy atom. The van der Waals surface area contributed by atoms with Crippen LogP contribution in [0.4, 0.5) is 4.79 Å². The third-order valence-electron chi connectivity index (χ3n) is 3.61. The third kappa shape index (κ3) is 4.59. The minimum Gasteiger partial charge on any atom is -0.423 e. The quantitative estimate of drug-likeness (QED) is 0.456. The normalized spacial score (nSPS) is 15.2. The number of thioether (sulfide) groups is 1. The first-order chi connectivity index (χ1) is 13.3. The highest BCUT2D eigenvalue weighted by Crippen LogP contribution is 2.32. The standard InChI is InChI=1S/C19H13ClN2O5S/c20-13-5-2-4-12(9-13)18(25)27-14-6-1-3-11(7-14)8-15-17(24)22(10-16(21)23)19(26)28-15/h1-9H,10H2,(H2,21,23)/b15-8-. The molecule has 1 aliphatic rings. The molecular formula is C19H13ClN2O5S. The summed E-state index contributed by atoms with van der Waals surface area (Å²) in [5, 5.41) is -0.159. The van der Waals surface area contributed by atoms with Gasteiger partial charge in [-0.1, -0.05) is 29.8 Å². The number of carbonyl (C=O) groups excluding carboxylic acids is 4. The van der Waals surface area contributed by atoms with E-state index in [1.165, 1.54) is 12.1 Å². The molecule has 0 atom stereocenters. The molecule has 2 aromatic rings. The Bertz CT molecular complexity index is 1020. The molecule has 0 unspecified atom stereocenters. The Morgan fingerprint density at radius 2 is 1.89 bits per heavy atom. The zero-order valence-electron chi connectivity index (χ0n) is 14.3. The number of halogens is 1. The van der Waals surface area contributed by atoms with Gasteiger partial charge in [0.15, 0.2) is 0 Å². The van der Waals surface area contributed by atoms with Crippen molar-refractivity contribution in [2.75, 3.05) is 6.54 Å². The zero-order chi connectivity index (χ0) is 20.3. The van der Waals surface area contributed by atoms with Crippen LogP contribution in [0.1, 0.15) is 15.9 Å². The average Bonchev–Trinajstić information content (AvgIpc) is 2.89. The molecule has 0 radical (unpaired) electrons. The molecule has 1 fully saturated rings. The van der Waals surface area contributed by atoms with Gasteiger partial charge < -0.3 is 10.5 Å². The lowest BCUT2D eigenvalue weighted by Gasteiger charge is -2.08. The van der Waals surface area contributed by atoms with Crippen LogP contribution in [0, 0.1) is 0 Å². The summed E-state index contributed by atoms with van der Waals surface area (Å²) in [5.74, 6) is -1.70. The summed E-state index contributed by atoms with van der Waals surface area (Å²) in [7, 11) is 0. The van der Waals surface area contributed by atoms with E-state index in [-0.39, 0.29) is 10.7 Å². The third-order valence-corrected chi connectivity index (χ3v) is 4.76. The number of hydrogen-bond acceptors (Lipinski definition) is 6. The smallest absolute Gasteiger partial charge is 0.343 e. The highest BCUT2D eigenvalue weighted by molar-refractivity contribution is 8.18. The first kappa shape index (κ1) is 19.7. The van der Waals surface area contributed by atoms with Crippen molar-refractivity contribution < 1.29 is 23.9 Å². The van der Waals surface area contributed by atoms with Gasteiger partial charge in [-0.2, -0.15) is 0 Å². The van der Waals surface area contributed by atoms with Crippen LogP contribution in [-0.2, 0) is 9.59 Å². The molecule has 142 valence electrons. The molecule has 0 saturated carbocycles. The lowest BCUT2D eigenvalue weighted by molar-refractivity contribution is -0.127. The second kappa shape index (κ2) is 8.28. The van der Waals surface area contributed by atoms with Crippen molar-refractivity contribution in [2.24, 2.45) is 5.73 Å². The van der Waals surface area contributed by atoms with Gasteiger partial charge >= 0.3 is 5.97 Å². The van der Waals surface area contributed by atoms with Crippen molar-refractivity contribution in [3.8, 4) is 5.75 Å². The Kier molecular flexibility index (Phi) is 5.81. The van der Waals surface area contributed by atoms with E-state index in [0.717, 1.165) is 4.90 Å². The number of nitrogens with two attached hydrogens (primary N) is 1. The van der Waals surface area contributed by atoms with Crippen molar-refractivity contribution >= 4 is 52.5 Å². The summed E-state index contributed by atoms with van der Waals surface area (Å²) in [4.78, 5) is 48.2. The van der Waals surface area contributed by atoms with Gasteiger partial charge in [-0.3, -0.25) is 19.3 Å². The molecule has 28 heavy (non-hydrogen) atoms. The molecule has 9 heteroatoms. The molecule has 1 saturated heterocycles. The minimum absolute atomic E-state index is 0.143. The van der Waals surface area contributed by atoms with E-state index in [4.69, 9.17) is 22.1 Å². The Labute approximate surface area is 169 Å². The first-order valence-corrected chi connectivity index (χ1v) is 9.14. The van der Waals surface area contributed by atoms with Gasteiger partial charge in [-0.25, -0.2) is 4.79 Å². The Hall–Kier alpha value is -3.10. The van der Waals surface area contributed by atoms with Crippen LogP contribution >= 0.6 is 23.4 Å². The first-order valence-electron chi connectivity index (χ1n) is 7.95.